The lowest BCUT2D eigenvalue weighted by Gasteiger charge is -2.35. The molecule has 1 fully saturated rings. The van der Waals surface area contributed by atoms with Gasteiger partial charge in [0.2, 0.25) is 5.91 Å². The lowest BCUT2D eigenvalue weighted by atomic mass is 10.0. The van der Waals surface area contributed by atoms with Gasteiger partial charge in [0.15, 0.2) is 0 Å². The Bertz CT molecular complexity index is 199. The van der Waals surface area contributed by atoms with Crippen LogP contribution in [0, 0.1) is 0 Å². The second-order valence-corrected chi connectivity index (χ2v) is 5.31. The van der Waals surface area contributed by atoms with Crippen LogP contribution in [0.15, 0.2) is 0 Å². The van der Waals surface area contributed by atoms with Crippen LogP contribution in [0.3, 0.4) is 0 Å². The first kappa shape index (κ1) is 12.8. The van der Waals surface area contributed by atoms with Gasteiger partial charge >= 0.3 is 0 Å². The molecule has 0 saturated carbocycles. The van der Waals surface area contributed by atoms with Gasteiger partial charge in [-0.15, -0.1) is 0 Å². The molecule has 1 unspecified atom stereocenters. The lowest BCUT2D eigenvalue weighted by Crippen LogP contribution is -2.47. The summed E-state index contributed by atoms with van der Waals surface area (Å²) in [5.41, 5.74) is 5.69. The summed E-state index contributed by atoms with van der Waals surface area (Å²) in [7, 11) is 0. The van der Waals surface area contributed by atoms with E-state index in [-0.39, 0.29) is 0 Å². The second kappa shape index (κ2) is 7.12. The van der Waals surface area contributed by atoms with E-state index in [1.165, 1.54) is 6.42 Å². The molecule has 1 atom stereocenters. The molecule has 0 aromatic rings. The number of likely N-dealkylation sites (tertiary alicyclic amines) is 1. The minimum atomic E-state index is 0.297. The maximum Gasteiger partial charge on any atom is 0.223 e. The Morgan fingerprint density at radius 2 is 2.33 bits per heavy atom. The molecule has 4 heteroatoms. The summed E-state index contributed by atoms with van der Waals surface area (Å²) in [5, 5.41) is 0. The first-order valence-electron chi connectivity index (χ1n) is 5.86. The van der Waals surface area contributed by atoms with Crippen molar-refractivity contribution in [3.63, 3.8) is 0 Å². The van der Waals surface area contributed by atoms with Crippen LogP contribution in [-0.4, -0.2) is 41.4 Å². The molecule has 1 aliphatic heterocycles. The van der Waals surface area contributed by atoms with Gasteiger partial charge in [0.1, 0.15) is 0 Å². The van der Waals surface area contributed by atoms with E-state index in [9.17, 15) is 4.79 Å². The van der Waals surface area contributed by atoms with Gasteiger partial charge in [-0.3, -0.25) is 4.79 Å². The third-order valence-electron chi connectivity index (χ3n) is 2.88. The molecule has 88 valence electrons. The number of nitrogens with two attached hydrogens (primary N) is 1. The molecule has 0 aromatic carbocycles. The molecule has 0 radical (unpaired) electrons. The number of thioether (sulfide) groups is 1. The zero-order valence-corrected chi connectivity index (χ0v) is 10.4. The fourth-order valence-corrected chi connectivity index (χ4v) is 2.63. The number of rotatable bonds is 5. The summed E-state index contributed by atoms with van der Waals surface area (Å²) in [5.74, 6) is 2.34. The highest BCUT2D eigenvalue weighted by Gasteiger charge is 2.24. The van der Waals surface area contributed by atoms with E-state index in [0.29, 0.717) is 24.9 Å². The fourth-order valence-electron chi connectivity index (χ4n) is 2.02. The van der Waals surface area contributed by atoms with Gasteiger partial charge in [-0.25, -0.2) is 0 Å². The Hall–Kier alpha value is -0.220. The SMILES string of the molecule is CCSCCC(=O)N1CCCCC1CN. The largest absolute Gasteiger partial charge is 0.338 e. The molecule has 0 aromatic heterocycles. The Morgan fingerprint density at radius 3 is 3.00 bits per heavy atom. The lowest BCUT2D eigenvalue weighted by molar-refractivity contribution is -0.134. The molecule has 3 nitrogen and oxygen atoms in total. The topological polar surface area (TPSA) is 46.3 Å². The van der Waals surface area contributed by atoms with Crippen molar-refractivity contribution in [3.05, 3.63) is 0 Å². The summed E-state index contributed by atoms with van der Waals surface area (Å²) < 4.78 is 0. The van der Waals surface area contributed by atoms with Gasteiger partial charge in [0, 0.05) is 31.3 Å². The van der Waals surface area contributed by atoms with Crippen molar-refractivity contribution in [3.8, 4) is 0 Å². The normalized spacial score (nSPS) is 21.7. The molecule has 2 N–H and O–H groups in total. The quantitative estimate of drug-likeness (QED) is 0.728. The minimum Gasteiger partial charge on any atom is -0.338 e. The minimum absolute atomic E-state index is 0.297. The predicted octanol–water partition coefficient (Wildman–Crippen LogP) is 1.47. The first-order chi connectivity index (χ1) is 7.29. The molecule has 0 bridgehead atoms. The molecule has 1 rings (SSSR count). The van der Waals surface area contributed by atoms with Gasteiger partial charge < -0.3 is 10.6 Å². The first-order valence-corrected chi connectivity index (χ1v) is 7.02. The van der Waals surface area contributed by atoms with E-state index < -0.39 is 0 Å². The van der Waals surface area contributed by atoms with Crippen LogP contribution >= 0.6 is 11.8 Å². The van der Waals surface area contributed by atoms with Gasteiger partial charge in [-0.2, -0.15) is 11.8 Å². The maximum atomic E-state index is 11.9. The number of piperidine rings is 1. The zero-order valence-electron chi connectivity index (χ0n) is 9.58. The number of carbonyl (C=O) groups is 1. The summed E-state index contributed by atoms with van der Waals surface area (Å²) in [6.45, 7) is 3.66. The van der Waals surface area contributed by atoms with Crippen LogP contribution in [0.4, 0.5) is 0 Å². The summed E-state index contributed by atoms with van der Waals surface area (Å²) in [6, 6.07) is 0.304. The molecule has 15 heavy (non-hydrogen) atoms. The number of nitrogens with zero attached hydrogens (tertiary/aromatic N) is 1. The Kier molecular flexibility index (Phi) is 6.10. The standard InChI is InChI=1S/C11H22N2OS/c1-2-15-8-6-11(14)13-7-4-3-5-10(13)9-12/h10H,2-9,12H2,1H3. The van der Waals surface area contributed by atoms with Gasteiger partial charge in [-0.1, -0.05) is 6.92 Å². The summed E-state index contributed by atoms with van der Waals surface area (Å²) in [4.78, 5) is 13.9. The zero-order chi connectivity index (χ0) is 11.1. The third kappa shape index (κ3) is 4.03. The Balaban J connectivity index is 2.34. The van der Waals surface area contributed by atoms with Crippen molar-refractivity contribution >= 4 is 17.7 Å². The monoisotopic (exact) mass is 230 g/mol. The van der Waals surface area contributed by atoms with Gasteiger partial charge in [0.25, 0.3) is 0 Å². The second-order valence-electron chi connectivity index (χ2n) is 3.92. The van der Waals surface area contributed by atoms with Crippen molar-refractivity contribution in [1.82, 2.24) is 4.90 Å². The van der Waals surface area contributed by atoms with Crippen molar-refractivity contribution in [2.45, 2.75) is 38.6 Å². The van der Waals surface area contributed by atoms with Crippen molar-refractivity contribution in [2.24, 2.45) is 5.73 Å². The molecule has 1 aliphatic rings. The number of hydrogen-bond acceptors (Lipinski definition) is 3. The highest BCUT2D eigenvalue weighted by atomic mass is 32.2. The Labute approximate surface area is 96.8 Å². The van der Waals surface area contributed by atoms with E-state index in [1.807, 2.05) is 16.7 Å². The van der Waals surface area contributed by atoms with E-state index >= 15 is 0 Å². The van der Waals surface area contributed by atoms with E-state index in [0.717, 1.165) is 30.9 Å². The summed E-state index contributed by atoms with van der Waals surface area (Å²) >= 11 is 1.83. The molecule has 0 aliphatic carbocycles. The van der Waals surface area contributed by atoms with Crippen molar-refractivity contribution in [2.75, 3.05) is 24.6 Å². The average Bonchev–Trinajstić information content (AvgIpc) is 2.29. The predicted molar refractivity (Wildman–Crippen MR) is 66.0 cm³/mol. The van der Waals surface area contributed by atoms with Crippen molar-refractivity contribution in [1.29, 1.82) is 0 Å². The number of carbonyl (C=O) groups excluding carboxylic acids is 1. The van der Waals surface area contributed by atoms with Crippen LogP contribution < -0.4 is 5.73 Å². The highest BCUT2D eigenvalue weighted by Crippen LogP contribution is 2.17. The Morgan fingerprint density at radius 1 is 1.53 bits per heavy atom. The van der Waals surface area contributed by atoms with E-state index in [2.05, 4.69) is 6.92 Å². The fraction of sp³-hybridized carbons (Fsp3) is 0.909. The summed E-state index contributed by atoms with van der Waals surface area (Å²) in [6.07, 6.45) is 4.12. The number of hydrogen-bond donors (Lipinski definition) is 1. The number of amides is 1. The molecular weight excluding hydrogens is 208 g/mol. The molecule has 1 saturated heterocycles. The van der Waals surface area contributed by atoms with Crippen LogP contribution in [0.2, 0.25) is 0 Å². The van der Waals surface area contributed by atoms with Crippen LogP contribution in [0.5, 0.6) is 0 Å². The highest BCUT2D eigenvalue weighted by molar-refractivity contribution is 7.99. The van der Waals surface area contributed by atoms with E-state index in [1.54, 1.807) is 0 Å². The average molecular weight is 230 g/mol. The van der Waals surface area contributed by atoms with Crippen molar-refractivity contribution < 1.29 is 4.79 Å². The molecule has 1 amide bonds. The van der Waals surface area contributed by atoms with Gasteiger partial charge in [0.05, 0.1) is 0 Å². The van der Waals surface area contributed by atoms with Crippen LogP contribution in [-0.2, 0) is 4.79 Å². The third-order valence-corrected chi connectivity index (χ3v) is 3.78. The molecule has 1 heterocycles. The van der Waals surface area contributed by atoms with E-state index in [4.69, 9.17) is 5.73 Å². The van der Waals surface area contributed by atoms with Crippen LogP contribution in [0.1, 0.15) is 32.6 Å². The van der Waals surface area contributed by atoms with Gasteiger partial charge in [-0.05, 0) is 25.0 Å². The maximum absolute atomic E-state index is 11.9. The molecule has 0 spiro atoms. The van der Waals surface area contributed by atoms with Crippen LogP contribution in [0.25, 0.3) is 0 Å². The molecular formula is C11H22N2OS. The smallest absolute Gasteiger partial charge is 0.223 e.